The summed E-state index contributed by atoms with van der Waals surface area (Å²) in [6.07, 6.45) is 6.89. The number of rotatable bonds is 5. The van der Waals surface area contributed by atoms with E-state index in [0.29, 0.717) is 6.10 Å². The third kappa shape index (κ3) is 6.02. The molecule has 0 aliphatic carbocycles. The molecule has 1 aliphatic heterocycles. The van der Waals surface area contributed by atoms with Crippen LogP contribution in [0, 0.1) is 0 Å². The van der Waals surface area contributed by atoms with Crippen molar-refractivity contribution in [1.29, 1.82) is 0 Å². The van der Waals surface area contributed by atoms with E-state index in [4.69, 9.17) is 4.74 Å². The zero-order chi connectivity index (χ0) is 13.1. The first kappa shape index (κ1) is 15.2. The van der Waals surface area contributed by atoms with Crippen molar-refractivity contribution in [2.24, 2.45) is 0 Å². The van der Waals surface area contributed by atoms with Crippen LogP contribution in [0.5, 0.6) is 0 Å². The van der Waals surface area contributed by atoms with E-state index in [1.807, 2.05) is 0 Å². The van der Waals surface area contributed by atoms with Gasteiger partial charge in [0.25, 0.3) is 0 Å². The molecule has 100 valence electrons. The van der Waals surface area contributed by atoms with E-state index in [9.17, 15) is 0 Å². The standard InChI is InChI=1S/C14H30OSi2/c1-16(2,3)11-9-14(17(4,5)6)12-13-8-7-10-15-13/h9,11,13-14H,7-8,10,12H2,1-6H3/b11-9+. The second kappa shape index (κ2) is 5.85. The highest BCUT2D eigenvalue weighted by Gasteiger charge is 2.29. The van der Waals surface area contributed by atoms with Gasteiger partial charge in [0.15, 0.2) is 0 Å². The maximum atomic E-state index is 5.81. The number of ether oxygens (including phenoxy) is 1. The Hall–Kier alpha value is 0.134. The summed E-state index contributed by atoms with van der Waals surface area (Å²) >= 11 is 0. The largest absolute Gasteiger partial charge is 0.378 e. The Morgan fingerprint density at radius 2 is 1.82 bits per heavy atom. The molecule has 1 aliphatic rings. The van der Waals surface area contributed by atoms with Gasteiger partial charge in [0.05, 0.1) is 22.3 Å². The maximum Gasteiger partial charge on any atom is 0.0682 e. The Kier molecular flexibility index (Phi) is 5.23. The first-order valence-electron chi connectivity index (χ1n) is 6.99. The average Bonchev–Trinajstić information content (AvgIpc) is 2.60. The SMILES string of the molecule is C[Si](C)(C)/C=C/C(CC1CCCO1)[Si](C)(C)C. The lowest BCUT2D eigenvalue weighted by molar-refractivity contribution is 0.105. The fraction of sp³-hybridized carbons (Fsp3) is 0.857. The minimum atomic E-state index is -1.10. The zero-order valence-electron chi connectivity index (χ0n) is 12.5. The average molecular weight is 271 g/mol. The molecular formula is C14H30OSi2. The predicted molar refractivity (Wildman–Crippen MR) is 83.2 cm³/mol. The summed E-state index contributed by atoms with van der Waals surface area (Å²) in [6.45, 7) is 15.7. The molecule has 1 rings (SSSR count). The zero-order valence-corrected chi connectivity index (χ0v) is 14.5. The van der Waals surface area contributed by atoms with Crippen LogP contribution in [-0.2, 0) is 4.74 Å². The van der Waals surface area contributed by atoms with Crippen molar-refractivity contribution in [1.82, 2.24) is 0 Å². The molecule has 0 spiro atoms. The van der Waals surface area contributed by atoms with Gasteiger partial charge in [-0.05, 0) is 24.8 Å². The molecule has 1 saturated heterocycles. The molecule has 2 unspecified atom stereocenters. The smallest absolute Gasteiger partial charge is 0.0682 e. The van der Waals surface area contributed by atoms with Gasteiger partial charge in [-0.1, -0.05) is 51.1 Å². The van der Waals surface area contributed by atoms with Crippen molar-refractivity contribution in [3.63, 3.8) is 0 Å². The summed E-state index contributed by atoms with van der Waals surface area (Å²) in [6, 6.07) is 0. The predicted octanol–water partition coefficient (Wildman–Crippen LogP) is 4.70. The van der Waals surface area contributed by atoms with Gasteiger partial charge in [0.1, 0.15) is 0 Å². The Morgan fingerprint density at radius 3 is 2.24 bits per heavy atom. The molecule has 0 N–H and O–H groups in total. The van der Waals surface area contributed by atoms with Crippen molar-refractivity contribution >= 4 is 16.1 Å². The van der Waals surface area contributed by atoms with Gasteiger partial charge in [-0.15, -0.1) is 0 Å². The minimum absolute atomic E-state index is 0.540. The first-order chi connectivity index (χ1) is 7.68. The molecule has 0 aromatic heterocycles. The van der Waals surface area contributed by atoms with E-state index >= 15 is 0 Å². The molecule has 0 radical (unpaired) electrons. The van der Waals surface area contributed by atoms with Gasteiger partial charge >= 0.3 is 0 Å². The second-order valence-electron chi connectivity index (χ2n) is 7.57. The summed E-state index contributed by atoms with van der Waals surface area (Å²) < 4.78 is 5.81. The van der Waals surface area contributed by atoms with Gasteiger partial charge in [-0.2, -0.15) is 0 Å². The summed E-state index contributed by atoms with van der Waals surface area (Å²) in [5, 5.41) is 0. The van der Waals surface area contributed by atoms with Crippen molar-refractivity contribution in [3.05, 3.63) is 11.8 Å². The van der Waals surface area contributed by atoms with Crippen LogP contribution in [0.15, 0.2) is 11.8 Å². The molecule has 0 saturated carbocycles. The van der Waals surface area contributed by atoms with E-state index < -0.39 is 16.1 Å². The third-order valence-corrected chi connectivity index (χ3v) is 7.33. The summed E-state index contributed by atoms with van der Waals surface area (Å²) in [5.74, 6) is 0. The number of hydrogen-bond acceptors (Lipinski definition) is 1. The molecule has 0 aromatic carbocycles. The fourth-order valence-electron chi connectivity index (χ4n) is 2.24. The van der Waals surface area contributed by atoms with E-state index in [2.05, 4.69) is 51.1 Å². The Morgan fingerprint density at radius 1 is 1.18 bits per heavy atom. The summed E-state index contributed by atoms with van der Waals surface area (Å²) in [4.78, 5) is 0. The van der Waals surface area contributed by atoms with Crippen molar-refractivity contribution in [2.75, 3.05) is 6.61 Å². The van der Waals surface area contributed by atoms with Crippen LogP contribution in [-0.4, -0.2) is 28.9 Å². The minimum Gasteiger partial charge on any atom is -0.378 e. The molecule has 1 heterocycles. The van der Waals surface area contributed by atoms with Crippen molar-refractivity contribution < 1.29 is 4.74 Å². The quantitative estimate of drug-likeness (QED) is 0.658. The lowest BCUT2D eigenvalue weighted by Gasteiger charge is -2.29. The normalized spacial score (nSPS) is 24.5. The van der Waals surface area contributed by atoms with Gasteiger partial charge in [-0.3, -0.25) is 0 Å². The maximum absolute atomic E-state index is 5.81. The first-order valence-corrected chi connectivity index (χ1v) is 14.1. The topological polar surface area (TPSA) is 9.23 Å². The van der Waals surface area contributed by atoms with Crippen molar-refractivity contribution in [2.45, 2.75) is 70.2 Å². The van der Waals surface area contributed by atoms with Gasteiger partial charge in [-0.25, -0.2) is 0 Å². The molecule has 0 aromatic rings. The van der Waals surface area contributed by atoms with E-state index in [-0.39, 0.29) is 0 Å². The van der Waals surface area contributed by atoms with Crippen LogP contribution < -0.4 is 0 Å². The molecule has 17 heavy (non-hydrogen) atoms. The molecule has 0 bridgehead atoms. The van der Waals surface area contributed by atoms with Crippen LogP contribution in [0.3, 0.4) is 0 Å². The van der Waals surface area contributed by atoms with Gasteiger partial charge in [0, 0.05) is 6.61 Å². The molecule has 3 heteroatoms. The van der Waals surface area contributed by atoms with Crippen LogP contribution >= 0.6 is 0 Å². The van der Waals surface area contributed by atoms with Crippen LogP contribution in [0.25, 0.3) is 0 Å². The van der Waals surface area contributed by atoms with Crippen molar-refractivity contribution in [3.8, 4) is 0 Å². The Balaban J connectivity index is 2.64. The molecule has 1 fully saturated rings. The molecule has 0 amide bonds. The lowest BCUT2D eigenvalue weighted by Crippen LogP contribution is -2.30. The molecule has 1 nitrogen and oxygen atoms in total. The van der Waals surface area contributed by atoms with E-state index in [1.54, 1.807) is 0 Å². The summed E-state index contributed by atoms with van der Waals surface area (Å²) in [5.41, 5.74) is 3.32. The number of allylic oxidation sites excluding steroid dienone is 1. The third-order valence-electron chi connectivity index (χ3n) is 3.48. The van der Waals surface area contributed by atoms with Gasteiger partial charge in [0.2, 0.25) is 0 Å². The van der Waals surface area contributed by atoms with Crippen LogP contribution in [0.4, 0.5) is 0 Å². The highest BCUT2D eigenvalue weighted by atomic mass is 28.3. The van der Waals surface area contributed by atoms with Gasteiger partial charge < -0.3 is 4.74 Å². The van der Waals surface area contributed by atoms with Crippen LogP contribution in [0.2, 0.25) is 44.8 Å². The van der Waals surface area contributed by atoms with Crippen LogP contribution in [0.1, 0.15) is 19.3 Å². The van der Waals surface area contributed by atoms with E-state index in [1.165, 1.54) is 19.3 Å². The molecule has 2 atom stereocenters. The fourth-order valence-corrected chi connectivity index (χ4v) is 4.88. The summed E-state index contributed by atoms with van der Waals surface area (Å²) in [7, 11) is -2.15. The Bertz CT molecular complexity index is 254. The molecular weight excluding hydrogens is 240 g/mol. The lowest BCUT2D eigenvalue weighted by atomic mass is 10.1. The number of hydrogen-bond donors (Lipinski definition) is 0. The monoisotopic (exact) mass is 270 g/mol. The highest BCUT2D eigenvalue weighted by Crippen LogP contribution is 2.32. The Labute approximate surface area is 110 Å². The highest BCUT2D eigenvalue weighted by molar-refractivity contribution is 6.81. The van der Waals surface area contributed by atoms with E-state index in [0.717, 1.165) is 12.1 Å². The second-order valence-corrected chi connectivity index (χ2v) is 18.1.